The summed E-state index contributed by atoms with van der Waals surface area (Å²) in [5.74, 6) is 0. The Morgan fingerprint density at radius 3 is 2.30 bits per heavy atom. The van der Waals surface area contributed by atoms with Crippen LogP contribution in [0.3, 0.4) is 0 Å². The van der Waals surface area contributed by atoms with Gasteiger partial charge in [0.15, 0.2) is 0 Å². The minimum absolute atomic E-state index is 0.125. The highest BCUT2D eigenvalue weighted by molar-refractivity contribution is 7.86. The molecule has 0 spiro atoms. The van der Waals surface area contributed by atoms with Crippen LogP contribution in [0.5, 0.6) is 0 Å². The van der Waals surface area contributed by atoms with Crippen LogP contribution in [0.1, 0.15) is 32.3 Å². The molecule has 0 amide bonds. The molecule has 1 saturated carbocycles. The van der Waals surface area contributed by atoms with E-state index in [4.69, 9.17) is 5.73 Å². The molecule has 1 aliphatic rings. The largest absolute Gasteiger partial charge is 0.398 e. The first-order valence-electron chi connectivity index (χ1n) is 7.11. The molecule has 0 bridgehead atoms. The molecule has 0 heterocycles. The first-order chi connectivity index (χ1) is 9.50. The Labute approximate surface area is 121 Å². The van der Waals surface area contributed by atoms with Crippen molar-refractivity contribution in [1.82, 2.24) is 8.61 Å². The van der Waals surface area contributed by atoms with E-state index in [2.05, 4.69) is 0 Å². The number of hydrogen-bond donors (Lipinski definition) is 1. The van der Waals surface area contributed by atoms with Gasteiger partial charge in [-0.1, -0.05) is 32.0 Å². The molecule has 0 unspecified atom stereocenters. The Balaban J connectivity index is 2.26. The Hall–Kier alpha value is -1.11. The third-order valence-corrected chi connectivity index (χ3v) is 5.85. The van der Waals surface area contributed by atoms with Gasteiger partial charge in [0.25, 0.3) is 10.2 Å². The average Bonchev–Trinajstić information content (AvgIpc) is 3.23. The summed E-state index contributed by atoms with van der Waals surface area (Å²) in [6, 6.07) is 7.58. The fourth-order valence-electron chi connectivity index (χ4n) is 2.31. The first kappa shape index (κ1) is 15.3. The third kappa shape index (κ3) is 3.13. The highest BCUT2D eigenvalue weighted by Crippen LogP contribution is 2.32. The second-order valence-corrected chi connectivity index (χ2v) is 6.95. The Morgan fingerprint density at radius 1 is 1.20 bits per heavy atom. The summed E-state index contributed by atoms with van der Waals surface area (Å²) >= 11 is 0. The second-order valence-electron chi connectivity index (χ2n) is 5.07. The van der Waals surface area contributed by atoms with Crippen LogP contribution in [0.4, 0.5) is 5.69 Å². The van der Waals surface area contributed by atoms with E-state index in [1.165, 1.54) is 4.31 Å². The SMILES string of the molecule is CCN(CC)S(=O)(=O)N(Cc1ccccc1N)C1CC1. The van der Waals surface area contributed by atoms with Gasteiger partial charge in [0.2, 0.25) is 0 Å². The minimum Gasteiger partial charge on any atom is -0.398 e. The van der Waals surface area contributed by atoms with Gasteiger partial charge in [-0.2, -0.15) is 17.0 Å². The number of hydrogen-bond acceptors (Lipinski definition) is 3. The van der Waals surface area contributed by atoms with Gasteiger partial charge in [-0.3, -0.25) is 0 Å². The molecule has 0 atom stereocenters. The molecular weight excluding hydrogens is 274 g/mol. The zero-order chi connectivity index (χ0) is 14.8. The van der Waals surface area contributed by atoms with Gasteiger partial charge in [0.1, 0.15) is 0 Å². The van der Waals surface area contributed by atoms with Crippen LogP contribution in [0.25, 0.3) is 0 Å². The summed E-state index contributed by atoms with van der Waals surface area (Å²) in [5.41, 5.74) is 7.46. The third-order valence-electron chi connectivity index (χ3n) is 3.66. The molecule has 112 valence electrons. The van der Waals surface area contributed by atoms with Crippen molar-refractivity contribution in [1.29, 1.82) is 0 Å². The number of rotatable bonds is 7. The topological polar surface area (TPSA) is 66.6 Å². The lowest BCUT2D eigenvalue weighted by atomic mass is 10.2. The molecule has 0 aliphatic heterocycles. The predicted octanol–water partition coefficient (Wildman–Crippen LogP) is 1.82. The first-order valence-corrected chi connectivity index (χ1v) is 8.50. The quantitative estimate of drug-likeness (QED) is 0.781. The Bertz CT molecular complexity index is 551. The zero-order valence-corrected chi connectivity index (χ0v) is 12.9. The van der Waals surface area contributed by atoms with E-state index in [1.54, 1.807) is 4.31 Å². The summed E-state index contributed by atoms with van der Waals surface area (Å²) in [6.07, 6.45) is 1.88. The number of para-hydroxylation sites is 1. The molecule has 1 aromatic rings. The monoisotopic (exact) mass is 297 g/mol. The lowest BCUT2D eigenvalue weighted by Gasteiger charge is -2.29. The van der Waals surface area contributed by atoms with E-state index in [1.807, 2.05) is 38.1 Å². The maximum atomic E-state index is 12.7. The van der Waals surface area contributed by atoms with Gasteiger partial charge in [0, 0.05) is 31.4 Å². The maximum absolute atomic E-state index is 12.7. The van der Waals surface area contributed by atoms with Crippen LogP contribution >= 0.6 is 0 Å². The van der Waals surface area contributed by atoms with E-state index in [-0.39, 0.29) is 6.04 Å². The van der Waals surface area contributed by atoms with Gasteiger partial charge in [-0.05, 0) is 24.5 Å². The van der Waals surface area contributed by atoms with Crippen LogP contribution in [0.15, 0.2) is 24.3 Å². The smallest absolute Gasteiger partial charge is 0.282 e. The highest BCUT2D eigenvalue weighted by Gasteiger charge is 2.39. The van der Waals surface area contributed by atoms with Crippen molar-refractivity contribution in [3.63, 3.8) is 0 Å². The molecule has 2 rings (SSSR count). The number of nitrogen functional groups attached to an aromatic ring is 1. The van der Waals surface area contributed by atoms with Crippen molar-refractivity contribution in [2.75, 3.05) is 18.8 Å². The molecule has 1 aliphatic carbocycles. The van der Waals surface area contributed by atoms with Gasteiger partial charge in [-0.15, -0.1) is 0 Å². The van der Waals surface area contributed by atoms with Crippen molar-refractivity contribution in [3.05, 3.63) is 29.8 Å². The van der Waals surface area contributed by atoms with Gasteiger partial charge >= 0.3 is 0 Å². The van der Waals surface area contributed by atoms with E-state index in [0.717, 1.165) is 18.4 Å². The van der Waals surface area contributed by atoms with Gasteiger partial charge in [-0.25, -0.2) is 0 Å². The van der Waals surface area contributed by atoms with Crippen molar-refractivity contribution in [3.8, 4) is 0 Å². The average molecular weight is 297 g/mol. The molecule has 1 aromatic carbocycles. The van der Waals surface area contributed by atoms with Crippen molar-refractivity contribution in [2.45, 2.75) is 39.3 Å². The van der Waals surface area contributed by atoms with E-state index in [0.29, 0.717) is 25.3 Å². The van der Waals surface area contributed by atoms with Crippen molar-refractivity contribution in [2.24, 2.45) is 0 Å². The summed E-state index contributed by atoms with van der Waals surface area (Å²) in [7, 11) is -3.40. The summed E-state index contributed by atoms with van der Waals surface area (Å²) in [6.45, 7) is 5.07. The number of benzene rings is 1. The van der Waals surface area contributed by atoms with Crippen LogP contribution in [0.2, 0.25) is 0 Å². The van der Waals surface area contributed by atoms with Gasteiger partial charge in [0.05, 0.1) is 0 Å². The maximum Gasteiger partial charge on any atom is 0.282 e. The summed E-state index contributed by atoms with van der Waals surface area (Å²) in [5, 5.41) is 0. The van der Waals surface area contributed by atoms with Crippen LogP contribution in [0, 0.1) is 0 Å². The minimum atomic E-state index is -3.40. The normalized spacial score (nSPS) is 16.0. The molecule has 1 fully saturated rings. The Morgan fingerprint density at radius 2 is 1.80 bits per heavy atom. The molecule has 2 N–H and O–H groups in total. The fraction of sp³-hybridized carbons (Fsp3) is 0.571. The fourth-order valence-corrected chi connectivity index (χ4v) is 4.14. The molecule has 6 heteroatoms. The highest BCUT2D eigenvalue weighted by atomic mass is 32.2. The molecule has 0 radical (unpaired) electrons. The summed E-state index contributed by atoms with van der Waals surface area (Å²) < 4.78 is 28.5. The van der Waals surface area contributed by atoms with Crippen LogP contribution in [-0.2, 0) is 16.8 Å². The summed E-state index contributed by atoms with van der Waals surface area (Å²) in [4.78, 5) is 0. The lowest BCUT2D eigenvalue weighted by molar-refractivity contribution is 0.338. The number of nitrogens with zero attached hydrogens (tertiary/aromatic N) is 2. The number of nitrogens with two attached hydrogens (primary N) is 1. The molecule has 0 aromatic heterocycles. The van der Waals surface area contributed by atoms with Crippen molar-refractivity contribution < 1.29 is 8.42 Å². The van der Waals surface area contributed by atoms with E-state index < -0.39 is 10.2 Å². The van der Waals surface area contributed by atoms with Crippen molar-refractivity contribution >= 4 is 15.9 Å². The predicted molar refractivity (Wildman–Crippen MR) is 81.3 cm³/mol. The number of anilines is 1. The van der Waals surface area contributed by atoms with E-state index >= 15 is 0 Å². The molecule has 0 saturated heterocycles. The van der Waals surface area contributed by atoms with Gasteiger partial charge < -0.3 is 5.73 Å². The van der Waals surface area contributed by atoms with E-state index in [9.17, 15) is 8.42 Å². The second kappa shape index (κ2) is 6.11. The Kier molecular flexibility index (Phi) is 4.67. The van der Waals surface area contributed by atoms with Crippen LogP contribution < -0.4 is 5.73 Å². The molecule has 20 heavy (non-hydrogen) atoms. The van der Waals surface area contributed by atoms with Crippen LogP contribution in [-0.4, -0.2) is 36.2 Å². The zero-order valence-electron chi connectivity index (χ0n) is 12.1. The molecular formula is C14H23N3O2S. The standard InChI is InChI=1S/C14H23N3O2S/c1-3-16(4-2)20(18,19)17(13-9-10-13)11-12-7-5-6-8-14(12)15/h5-8,13H,3-4,9-11,15H2,1-2H3. The molecule has 5 nitrogen and oxygen atoms in total. The lowest BCUT2D eigenvalue weighted by Crippen LogP contribution is -2.44.